The lowest BCUT2D eigenvalue weighted by Crippen LogP contribution is -2.39. The fourth-order valence-electron chi connectivity index (χ4n) is 1.73. The minimum atomic E-state index is -3.93. The lowest BCUT2D eigenvalue weighted by atomic mass is 9.94. The average Bonchev–Trinajstić information content (AvgIpc) is 2.37. The highest BCUT2D eigenvalue weighted by atomic mass is 32.2. The van der Waals surface area contributed by atoms with Gasteiger partial charge in [0.2, 0.25) is 15.8 Å². The Morgan fingerprint density at radius 2 is 2.00 bits per heavy atom. The van der Waals surface area contributed by atoms with Gasteiger partial charge >= 0.3 is 5.69 Å². The van der Waals surface area contributed by atoms with Crippen molar-refractivity contribution in [2.75, 3.05) is 20.1 Å². The molecule has 0 aliphatic rings. The number of sulfonamides is 1. The molecule has 0 amide bonds. The number of rotatable bonds is 6. The number of hydrogen-bond acceptors (Lipinski definition) is 5. The van der Waals surface area contributed by atoms with Crippen molar-refractivity contribution < 1.29 is 17.7 Å². The summed E-state index contributed by atoms with van der Waals surface area (Å²) in [6.07, 6.45) is 0. The van der Waals surface area contributed by atoms with Crippen molar-refractivity contribution in [3.8, 4) is 0 Å². The summed E-state index contributed by atoms with van der Waals surface area (Å²) in [5, 5.41) is 10.5. The van der Waals surface area contributed by atoms with E-state index < -0.39 is 31.9 Å². The number of hydrogen-bond donors (Lipinski definition) is 1. The van der Waals surface area contributed by atoms with Crippen molar-refractivity contribution in [3.05, 3.63) is 34.1 Å². The van der Waals surface area contributed by atoms with Crippen LogP contribution < -0.4 is 5.73 Å². The molecule has 0 fully saturated rings. The molecule has 0 heterocycles. The maximum absolute atomic E-state index is 13.6. The topological polar surface area (TPSA) is 107 Å². The SMILES string of the molecule is CN(CC(C)(C)CN)S(=O)(=O)c1ccc([N+](=O)[O-])c(F)c1. The fourth-order valence-corrected chi connectivity index (χ4v) is 3.10. The second-order valence-electron chi connectivity index (χ2n) is 5.50. The Morgan fingerprint density at radius 3 is 2.43 bits per heavy atom. The standard InChI is InChI=1S/C12H18FN3O4S/c1-12(2,7-14)8-15(3)21(19,20)9-4-5-11(16(17)18)10(13)6-9/h4-6H,7-8,14H2,1-3H3. The van der Waals surface area contributed by atoms with Gasteiger partial charge < -0.3 is 5.73 Å². The van der Waals surface area contributed by atoms with E-state index in [4.69, 9.17) is 5.73 Å². The molecule has 0 saturated heterocycles. The Balaban J connectivity index is 3.14. The second-order valence-corrected chi connectivity index (χ2v) is 7.54. The van der Waals surface area contributed by atoms with Gasteiger partial charge in [-0.2, -0.15) is 4.39 Å². The third-order valence-electron chi connectivity index (χ3n) is 3.03. The van der Waals surface area contributed by atoms with Gasteiger partial charge in [0.25, 0.3) is 0 Å². The van der Waals surface area contributed by atoms with E-state index in [2.05, 4.69) is 0 Å². The molecule has 7 nitrogen and oxygen atoms in total. The Kier molecular flexibility index (Phi) is 5.03. The van der Waals surface area contributed by atoms with Crippen LogP contribution in [0.3, 0.4) is 0 Å². The number of nitro groups is 1. The molecule has 2 N–H and O–H groups in total. The molecule has 0 atom stereocenters. The summed E-state index contributed by atoms with van der Waals surface area (Å²) < 4.78 is 39.2. The smallest absolute Gasteiger partial charge is 0.304 e. The molecular weight excluding hydrogens is 301 g/mol. The van der Waals surface area contributed by atoms with Gasteiger partial charge in [-0.25, -0.2) is 12.7 Å². The van der Waals surface area contributed by atoms with Gasteiger partial charge in [-0.3, -0.25) is 10.1 Å². The first-order chi connectivity index (χ1) is 9.51. The number of nitrogens with zero attached hydrogens (tertiary/aromatic N) is 2. The minimum Gasteiger partial charge on any atom is -0.330 e. The highest BCUT2D eigenvalue weighted by molar-refractivity contribution is 7.89. The molecular formula is C12H18FN3O4S. The molecule has 0 bridgehead atoms. The normalized spacial score (nSPS) is 12.7. The van der Waals surface area contributed by atoms with Crippen molar-refractivity contribution in [3.63, 3.8) is 0 Å². The van der Waals surface area contributed by atoms with E-state index in [0.29, 0.717) is 6.07 Å². The second kappa shape index (κ2) is 6.04. The van der Waals surface area contributed by atoms with Crippen LogP contribution in [0.15, 0.2) is 23.1 Å². The summed E-state index contributed by atoms with van der Waals surface area (Å²) in [7, 11) is -2.58. The van der Waals surface area contributed by atoms with Crippen molar-refractivity contribution in [1.29, 1.82) is 0 Å². The van der Waals surface area contributed by atoms with E-state index in [1.54, 1.807) is 13.8 Å². The van der Waals surface area contributed by atoms with Crippen molar-refractivity contribution in [2.45, 2.75) is 18.7 Å². The van der Waals surface area contributed by atoms with Crippen LogP contribution in [0.5, 0.6) is 0 Å². The molecule has 0 unspecified atom stereocenters. The van der Waals surface area contributed by atoms with Gasteiger partial charge in [-0.05, 0) is 18.0 Å². The Morgan fingerprint density at radius 1 is 1.43 bits per heavy atom. The van der Waals surface area contributed by atoms with Crippen LogP contribution in [0.1, 0.15) is 13.8 Å². The summed E-state index contributed by atoms with van der Waals surface area (Å²) in [6, 6.07) is 2.51. The highest BCUT2D eigenvalue weighted by Gasteiger charge is 2.28. The molecule has 1 aromatic carbocycles. The van der Waals surface area contributed by atoms with Crippen LogP contribution in [0.2, 0.25) is 0 Å². The molecule has 0 saturated carbocycles. The molecule has 0 radical (unpaired) electrons. The van der Waals surface area contributed by atoms with Crippen molar-refractivity contribution in [1.82, 2.24) is 4.31 Å². The Labute approximate surface area is 122 Å². The molecule has 0 aliphatic carbocycles. The van der Waals surface area contributed by atoms with Gasteiger partial charge in [0.1, 0.15) is 0 Å². The zero-order chi connectivity index (χ0) is 16.4. The molecule has 9 heteroatoms. The Hall–Kier alpha value is -1.58. The molecule has 118 valence electrons. The highest BCUT2D eigenvalue weighted by Crippen LogP contribution is 2.24. The van der Waals surface area contributed by atoms with E-state index in [1.165, 1.54) is 7.05 Å². The van der Waals surface area contributed by atoms with E-state index >= 15 is 0 Å². The molecule has 1 aromatic rings. The molecule has 0 aliphatic heterocycles. The Bertz CT molecular complexity index is 646. The van der Waals surface area contributed by atoms with E-state index in [0.717, 1.165) is 16.4 Å². The van der Waals surface area contributed by atoms with Crippen LogP contribution in [0.25, 0.3) is 0 Å². The molecule has 0 aromatic heterocycles. The fraction of sp³-hybridized carbons (Fsp3) is 0.500. The molecule has 1 rings (SSSR count). The lowest BCUT2D eigenvalue weighted by Gasteiger charge is -2.28. The summed E-state index contributed by atoms with van der Waals surface area (Å²) >= 11 is 0. The van der Waals surface area contributed by atoms with Gasteiger partial charge in [0.05, 0.1) is 9.82 Å². The van der Waals surface area contributed by atoms with Gasteiger partial charge in [-0.1, -0.05) is 13.8 Å². The van der Waals surface area contributed by atoms with Gasteiger partial charge in [-0.15, -0.1) is 0 Å². The maximum atomic E-state index is 13.6. The number of nitro benzene ring substituents is 1. The zero-order valence-electron chi connectivity index (χ0n) is 12.0. The van der Waals surface area contributed by atoms with Crippen LogP contribution in [0, 0.1) is 21.3 Å². The molecule has 21 heavy (non-hydrogen) atoms. The van der Waals surface area contributed by atoms with E-state index in [9.17, 15) is 22.9 Å². The van der Waals surface area contributed by atoms with Crippen molar-refractivity contribution in [2.24, 2.45) is 11.1 Å². The molecule has 0 spiro atoms. The summed E-state index contributed by atoms with van der Waals surface area (Å²) in [5.74, 6) is -1.19. The predicted octanol–water partition coefficient (Wildman–Crippen LogP) is 1.34. The summed E-state index contributed by atoms with van der Waals surface area (Å²) in [6.45, 7) is 4.02. The van der Waals surface area contributed by atoms with Crippen LogP contribution in [-0.2, 0) is 10.0 Å². The largest absolute Gasteiger partial charge is 0.330 e. The van der Waals surface area contributed by atoms with Gasteiger partial charge in [0.15, 0.2) is 0 Å². The summed E-state index contributed by atoms with van der Waals surface area (Å²) in [4.78, 5) is 9.29. The quantitative estimate of drug-likeness (QED) is 0.629. The third-order valence-corrected chi connectivity index (χ3v) is 4.83. The predicted molar refractivity (Wildman–Crippen MR) is 75.7 cm³/mol. The number of benzene rings is 1. The third kappa shape index (κ3) is 3.96. The van der Waals surface area contributed by atoms with E-state index in [-0.39, 0.29) is 18.0 Å². The van der Waals surface area contributed by atoms with Crippen molar-refractivity contribution >= 4 is 15.7 Å². The monoisotopic (exact) mass is 319 g/mol. The summed E-state index contributed by atoms with van der Waals surface area (Å²) in [5.41, 5.74) is 4.35. The van der Waals surface area contributed by atoms with Gasteiger partial charge in [0, 0.05) is 25.7 Å². The first-order valence-electron chi connectivity index (χ1n) is 6.11. The van der Waals surface area contributed by atoms with Crippen LogP contribution in [-0.4, -0.2) is 37.8 Å². The van der Waals surface area contributed by atoms with Crippen LogP contribution >= 0.6 is 0 Å². The average molecular weight is 319 g/mol. The maximum Gasteiger partial charge on any atom is 0.304 e. The van der Waals surface area contributed by atoms with E-state index in [1.807, 2.05) is 0 Å². The first-order valence-corrected chi connectivity index (χ1v) is 7.55. The number of nitrogens with two attached hydrogens (primary N) is 1. The first kappa shape index (κ1) is 17.5. The minimum absolute atomic E-state index is 0.143. The zero-order valence-corrected chi connectivity index (χ0v) is 12.9. The number of halogens is 1. The lowest BCUT2D eigenvalue weighted by molar-refractivity contribution is -0.387. The van der Waals surface area contributed by atoms with Crippen LogP contribution in [0.4, 0.5) is 10.1 Å².